The summed E-state index contributed by atoms with van der Waals surface area (Å²) in [5.74, 6) is -1.16. The molecule has 2 aromatic carbocycles. The van der Waals surface area contributed by atoms with Gasteiger partial charge < -0.3 is 25.8 Å². The molecule has 3 unspecified atom stereocenters. The molecule has 0 amide bonds. The molecule has 0 bridgehead atoms. The molecule has 0 radical (unpaired) electrons. The Kier molecular flexibility index (Phi) is 10.7. The van der Waals surface area contributed by atoms with Crippen LogP contribution in [0.1, 0.15) is 12.5 Å². The van der Waals surface area contributed by atoms with Crippen molar-refractivity contribution in [3.8, 4) is 5.75 Å². The van der Waals surface area contributed by atoms with Crippen LogP contribution in [0.5, 0.6) is 5.75 Å². The lowest BCUT2D eigenvalue weighted by molar-refractivity contribution is -0.138. The average molecular weight is 564 g/mol. The van der Waals surface area contributed by atoms with Crippen molar-refractivity contribution in [1.29, 1.82) is 0 Å². The molecule has 0 aliphatic carbocycles. The molecule has 0 aliphatic heterocycles. The van der Waals surface area contributed by atoms with Gasteiger partial charge in [0.2, 0.25) is 0 Å². The van der Waals surface area contributed by atoms with E-state index in [0.717, 1.165) is 10.1 Å². The highest BCUT2D eigenvalue weighted by molar-refractivity contribution is 7.52. The predicted molar refractivity (Wildman–Crippen MR) is 142 cm³/mol. The number of rotatable bonds is 15. The number of benzene rings is 2. The minimum atomic E-state index is -4.21. The second-order valence-electron chi connectivity index (χ2n) is 8.76. The van der Waals surface area contributed by atoms with Gasteiger partial charge >= 0.3 is 19.4 Å². The Morgan fingerprint density at radius 1 is 1.18 bits per heavy atom. The number of aliphatic carboxylic acids is 1. The molecule has 14 heteroatoms. The van der Waals surface area contributed by atoms with Gasteiger partial charge in [0.1, 0.15) is 23.4 Å². The van der Waals surface area contributed by atoms with E-state index in [1.807, 2.05) is 0 Å². The minimum Gasteiger partial charge on any atom is -0.480 e. The SMILES string of the molecule is CC(NP(=O)(OC[C@@H](O)Cn1ccc(NCC(N)Cc2ccc(F)cc2)nc1=O)Oc1ccccc1)C(=O)O. The number of halogens is 1. The van der Waals surface area contributed by atoms with Gasteiger partial charge in [0.15, 0.2) is 0 Å². The number of hydrogen-bond donors (Lipinski definition) is 5. The van der Waals surface area contributed by atoms with Gasteiger partial charge in [0.25, 0.3) is 0 Å². The average Bonchev–Trinajstić information content (AvgIpc) is 2.89. The standard InChI is InChI=1S/C25H31FN5O7P/c1-17(24(33)34)30-39(36,38-22-5-3-2-4-6-22)37-16-21(32)15-31-12-11-23(29-25(31)35)28-14-20(27)13-18-7-9-19(26)10-8-18/h2-12,17,20-21,32H,13-16,27H2,1H3,(H,30,36)(H,33,34)(H,28,29,35)/t17?,20?,21-,39?/m0/s1. The summed E-state index contributed by atoms with van der Waals surface area (Å²) in [6.07, 6.45) is 0.605. The number of nitrogens with one attached hydrogen (secondary N) is 2. The molecular weight excluding hydrogens is 532 g/mol. The van der Waals surface area contributed by atoms with E-state index in [1.54, 1.807) is 30.3 Å². The summed E-state index contributed by atoms with van der Waals surface area (Å²) in [5, 5.41) is 24.9. The molecule has 4 atom stereocenters. The molecule has 0 saturated carbocycles. The van der Waals surface area contributed by atoms with E-state index in [4.69, 9.17) is 19.9 Å². The molecule has 1 aromatic heterocycles. The van der Waals surface area contributed by atoms with Crippen LogP contribution >= 0.6 is 7.75 Å². The van der Waals surface area contributed by atoms with Crippen LogP contribution in [0.4, 0.5) is 10.2 Å². The number of nitrogens with zero attached hydrogens (tertiary/aromatic N) is 2. The van der Waals surface area contributed by atoms with E-state index in [1.165, 1.54) is 43.5 Å². The summed E-state index contributed by atoms with van der Waals surface area (Å²) in [4.78, 5) is 27.6. The molecule has 0 saturated heterocycles. The quantitative estimate of drug-likeness (QED) is 0.171. The zero-order valence-corrected chi connectivity index (χ0v) is 22.0. The van der Waals surface area contributed by atoms with E-state index < -0.39 is 38.2 Å². The Bertz CT molecular complexity index is 1330. The molecular formula is C25H31FN5O7P. The normalized spacial score (nSPS) is 15.1. The predicted octanol–water partition coefficient (Wildman–Crippen LogP) is 1.99. The fraction of sp³-hybridized carbons (Fsp3) is 0.320. The summed E-state index contributed by atoms with van der Waals surface area (Å²) in [6.45, 7) is 0.798. The second kappa shape index (κ2) is 14.0. The zero-order valence-electron chi connectivity index (χ0n) is 21.1. The summed E-state index contributed by atoms with van der Waals surface area (Å²) in [6, 6.07) is 14.0. The number of aromatic nitrogens is 2. The zero-order chi connectivity index (χ0) is 28.4. The maximum atomic E-state index is 13.2. The molecule has 39 heavy (non-hydrogen) atoms. The van der Waals surface area contributed by atoms with E-state index in [0.29, 0.717) is 13.0 Å². The van der Waals surface area contributed by atoms with Crippen molar-refractivity contribution in [2.45, 2.75) is 38.1 Å². The lowest BCUT2D eigenvalue weighted by Crippen LogP contribution is -2.35. The topological polar surface area (TPSA) is 178 Å². The fourth-order valence-corrected chi connectivity index (χ4v) is 4.90. The first-order valence-corrected chi connectivity index (χ1v) is 13.6. The van der Waals surface area contributed by atoms with Gasteiger partial charge in [-0.2, -0.15) is 10.1 Å². The van der Waals surface area contributed by atoms with Crippen molar-refractivity contribution >= 4 is 19.5 Å². The molecule has 0 spiro atoms. The highest BCUT2D eigenvalue weighted by Gasteiger charge is 2.32. The van der Waals surface area contributed by atoms with Gasteiger partial charge in [0.05, 0.1) is 19.3 Å². The van der Waals surface area contributed by atoms with Crippen molar-refractivity contribution in [1.82, 2.24) is 14.6 Å². The van der Waals surface area contributed by atoms with Gasteiger partial charge in [-0.25, -0.2) is 13.8 Å². The van der Waals surface area contributed by atoms with E-state index >= 15 is 0 Å². The van der Waals surface area contributed by atoms with Crippen molar-refractivity contribution in [3.63, 3.8) is 0 Å². The first-order chi connectivity index (χ1) is 18.5. The third-order valence-electron chi connectivity index (χ3n) is 5.37. The summed E-state index contributed by atoms with van der Waals surface area (Å²) in [5.41, 5.74) is 6.32. The number of hydrogen-bond acceptors (Lipinski definition) is 9. The van der Waals surface area contributed by atoms with E-state index in [2.05, 4.69) is 15.4 Å². The number of aliphatic hydroxyl groups is 1. The number of para-hydroxylation sites is 1. The largest absolute Gasteiger partial charge is 0.480 e. The first kappa shape index (κ1) is 29.9. The second-order valence-corrected chi connectivity index (χ2v) is 10.5. The van der Waals surface area contributed by atoms with Gasteiger partial charge in [-0.05, 0) is 49.2 Å². The Morgan fingerprint density at radius 3 is 2.51 bits per heavy atom. The smallest absolute Gasteiger partial charge is 0.459 e. The Hall–Kier alpha value is -3.61. The maximum absolute atomic E-state index is 13.2. The Labute approximate surface area is 224 Å². The third-order valence-corrected chi connectivity index (χ3v) is 7.01. The lowest BCUT2D eigenvalue weighted by atomic mass is 10.1. The maximum Gasteiger partial charge on any atom is 0.459 e. The first-order valence-electron chi connectivity index (χ1n) is 12.0. The number of anilines is 1. The van der Waals surface area contributed by atoms with E-state index in [-0.39, 0.29) is 30.0 Å². The Morgan fingerprint density at radius 2 is 1.87 bits per heavy atom. The molecule has 3 rings (SSSR count). The van der Waals surface area contributed by atoms with Gasteiger partial charge in [-0.1, -0.05) is 30.3 Å². The Balaban J connectivity index is 1.54. The number of carbonyl (C=O) groups is 1. The minimum absolute atomic E-state index is 0.168. The van der Waals surface area contributed by atoms with Crippen LogP contribution < -0.4 is 26.4 Å². The molecule has 0 aliphatic rings. The van der Waals surface area contributed by atoms with Gasteiger partial charge in [-0.3, -0.25) is 13.9 Å². The molecule has 0 fully saturated rings. The van der Waals surface area contributed by atoms with Crippen LogP contribution in [0.2, 0.25) is 0 Å². The molecule has 210 valence electrons. The fourth-order valence-electron chi connectivity index (χ4n) is 3.36. The number of carboxylic acids is 1. The number of aliphatic hydroxyl groups excluding tert-OH is 1. The number of carboxylic acid groups (broad SMARTS) is 1. The molecule has 1 heterocycles. The van der Waals surface area contributed by atoms with Crippen molar-refractivity contribution in [2.75, 3.05) is 18.5 Å². The lowest BCUT2D eigenvalue weighted by Gasteiger charge is -2.23. The molecule has 12 nitrogen and oxygen atoms in total. The van der Waals surface area contributed by atoms with Crippen LogP contribution in [0.3, 0.4) is 0 Å². The van der Waals surface area contributed by atoms with Crippen molar-refractivity contribution in [3.05, 3.63) is 88.7 Å². The van der Waals surface area contributed by atoms with Crippen LogP contribution in [-0.2, 0) is 26.8 Å². The van der Waals surface area contributed by atoms with Crippen LogP contribution in [-0.4, -0.2) is 57.1 Å². The summed E-state index contributed by atoms with van der Waals surface area (Å²) < 4.78 is 38.0. The molecule has 3 aromatic rings. The third kappa shape index (κ3) is 9.89. The van der Waals surface area contributed by atoms with Crippen LogP contribution in [0.15, 0.2) is 71.7 Å². The number of nitrogens with two attached hydrogens (primary N) is 1. The van der Waals surface area contributed by atoms with Crippen LogP contribution in [0, 0.1) is 5.82 Å². The monoisotopic (exact) mass is 563 g/mol. The van der Waals surface area contributed by atoms with E-state index in [9.17, 15) is 23.7 Å². The van der Waals surface area contributed by atoms with Crippen molar-refractivity contribution in [2.24, 2.45) is 5.73 Å². The highest BCUT2D eigenvalue weighted by Crippen LogP contribution is 2.44. The van der Waals surface area contributed by atoms with Gasteiger partial charge in [0, 0.05) is 18.8 Å². The van der Waals surface area contributed by atoms with Crippen LogP contribution in [0.25, 0.3) is 0 Å². The highest BCUT2D eigenvalue weighted by atomic mass is 31.2. The molecule has 6 N–H and O–H groups in total. The summed E-state index contributed by atoms with van der Waals surface area (Å²) in [7, 11) is -4.21. The van der Waals surface area contributed by atoms with Gasteiger partial charge in [-0.15, -0.1) is 0 Å². The van der Waals surface area contributed by atoms with Crippen molar-refractivity contribution < 1.29 is 33.0 Å². The summed E-state index contributed by atoms with van der Waals surface area (Å²) >= 11 is 0.